The van der Waals surface area contributed by atoms with Crippen LogP contribution in [0.5, 0.6) is 0 Å². The fourth-order valence-electron chi connectivity index (χ4n) is 2.23. The third-order valence-electron chi connectivity index (χ3n) is 3.32. The lowest BCUT2D eigenvalue weighted by Gasteiger charge is -2.07. The van der Waals surface area contributed by atoms with Crippen LogP contribution in [0.2, 0.25) is 10.0 Å². The Morgan fingerprint density at radius 2 is 1.73 bits per heavy atom. The smallest absolute Gasteiger partial charge is 0.374 e. The van der Waals surface area contributed by atoms with Gasteiger partial charge in [0.2, 0.25) is 5.76 Å². The molecule has 0 spiro atoms. The number of anilines is 1. The van der Waals surface area contributed by atoms with Gasteiger partial charge in [0, 0.05) is 21.8 Å². The van der Waals surface area contributed by atoms with Crippen LogP contribution in [0.25, 0.3) is 11.0 Å². The second-order valence-corrected chi connectivity index (χ2v) is 6.13. The first-order chi connectivity index (χ1) is 12.4. The van der Waals surface area contributed by atoms with E-state index in [2.05, 4.69) is 5.32 Å². The zero-order chi connectivity index (χ0) is 18.7. The molecule has 8 heteroatoms. The predicted octanol–water partition coefficient (Wildman–Crippen LogP) is 3.90. The summed E-state index contributed by atoms with van der Waals surface area (Å²) in [5, 5.41) is 3.54. The van der Waals surface area contributed by atoms with Gasteiger partial charge in [-0.15, -0.1) is 0 Å². The highest BCUT2D eigenvalue weighted by Crippen LogP contribution is 2.22. The van der Waals surface area contributed by atoms with Crippen molar-refractivity contribution < 1.29 is 18.7 Å². The van der Waals surface area contributed by atoms with E-state index in [-0.39, 0.29) is 16.8 Å². The molecule has 1 N–H and O–H groups in total. The van der Waals surface area contributed by atoms with Crippen molar-refractivity contribution in [2.75, 3.05) is 11.9 Å². The van der Waals surface area contributed by atoms with E-state index in [4.69, 9.17) is 32.4 Å². The van der Waals surface area contributed by atoms with E-state index in [1.165, 1.54) is 18.2 Å². The molecule has 2 aromatic carbocycles. The number of carbonyl (C=O) groups excluding carboxylic acids is 2. The molecule has 0 aliphatic rings. The summed E-state index contributed by atoms with van der Waals surface area (Å²) in [6.07, 6.45) is 0. The monoisotopic (exact) mass is 391 g/mol. The minimum atomic E-state index is -0.924. The molecule has 0 saturated heterocycles. The van der Waals surface area contributed by atoms with Crippen molar-refractivity contribution >= 4 is 51.7 Å². The fourth-order valence-corrected chi connectivity index (χ4v) is 2.76. The van der Waals surface area contributed by atoms with Gasteiger partial charge in [-0.3, -0.25) is 9.59 Å². The zero-order valence-corrected chi connectivity index (χ0v) is 14.6. The van der Waals surface area contributed by atoms with Gasteiger partial charge in [-0.05, 0) is 30.3 Å². The molecule has 3 aromatic rings. The number of rotatable bonds is 4. The number of fused-ring (bicyclic) bond motifs is 1. The highest BCUT2D eigenvalue weighted by molar-refractivity contribution is 6.35. The lowest BCUT2D eigenvalue weighted by atomic mass is 10.2. The number of amides is 1. The standard InChI is InChI=1S/C18H11Cl2NO5/c19-10-5-11(20)7-12(6-10)21-17(23)9-25-18(24)16-8-14(22)13-3-1-2-4-15(13)26-16/h1-8H,9H2,(H,21,23). The number of ether oxygens (including phenoxy) is 1. The molecule has 3 rings (SSSR count). The number of carbonyl (C=O) groups is 2. The van der Waals surface area contributed by atoms with Crippen LogP contribution in [0.1, 0.15) is 10.6 Å². The van der Waals surface area contributed by atoms with E-state index < -0.39 is 18.5 Å². The van der Waals surface area contributed by atoms with E-state index in [9.17, 15) is 14.4 Å². The molecule has 6 nitrogen and oxygen atoms in total. The van der Waals surface area contributed by atoms with Crippen molar-refractivity contribution in [3.63, 3.8) is 0 Å². The topological polar surface area (TPSA) is 85.6 Å². The molecule has 0 aliphatic heterocycles. The molecule has 26 heavy (non-hydrogen) atoms. The number of nitrogens with one attached hydrogen (secondary N) is 1. The van der Waals surface area contributed by atoms with Crippen molar-refractivity contribution in [1.82, 2.24) is 0 Å². The zero-order valence-electron chi connectivity index (χ0n) is 13.1. The molecule has 0 aliphatic carbocycles. The van der Waals surface area contributed by atoms with E-state index >= 15 is 0 Å². The first kappa shape index (κ1) is 18.0. The normalized spacial score (nSPS) is 10.5. The van der Waals surface area contributed by atoms with Gasteiger partial charge in [-0.2, -0.15) is 0 Å². The SMILES string of the molecule is O=C(COC(=O)c1cc(=O)c2ccccc2o1)Nc1cc(Cl)cc(Cl)c1. The highest BCUT2D eigenvalue weighted by atomic mass is 35.5. The molecule has 0 unspecified atom stereocenters. The molecule has 132 valence electrons. The quantitative estimate of drug-likeness (QED) is 0.681. The molecule has 1 amide bonds. The average molecular weight is 392 g/mol. The van der Waals surface area contributed by atoms with Crippen LogP contribution in [0.15, 0.2) is 57.7 Å². The second kappa shape index (κ2) is 7.59. The van der Waals surface area contributed by atoms with Crippen molar-refractivity contribution in [3.8, 4) is 0 Å². The number of hydrogen-bond donors (Lipinski definition) is 1. The first-order valence-corrected chi connectivity index (χ1v) is 8.14. The van der Waals surface area contributed by atoms with Crippen molar-refractivity contribution in [2.24, 2.45) is 0 Å². The third kappa shape index (κ3) is 4.22. The summed E-state index contributed by atoms with van der Waals surface area (Å²) in [4.78, 5) is 35.9. The van der Waals surface area contributed by atoms with Crippen LogP contribution in [0.3, 0.4) is 0 Å². The van der Waals surface area contributed by atoms with Crippen molar-refractivity contribution in [3.05, 3.63) is 74.6 Å². The number of para-hydroxylation sites is 1. The Bertz CT molecular complexity index is 1040. The summed E-state index contributed by atoms with van der Waals surface area (Å²) in [5.41, 5.74) is 0.238. The van der Waals surface area contributed by atoms with E-state index in [0.717, 1.165) is 6.07 Å². The molecule has 0 bridgehead atoms. The van der Waals surface area contributed by atoms with Gasteiger partial charge in [0.25, 0.3) is 5.91 Å². The molecule has 1 aromatic heterocycles. The molecular formula is C18H11Cl2NO5. The summed E-state index contributed by atoms with van der Waals surface area (Å²) < 4.78 is 10.2. The number of esters is 1. The lowest BCUT2D eigenvalue weighted by Crippen LogP contribution is -2.21. The predicted molar refractivity (Wildman–Crippen MR) is 97.9 cm³/mol. The second-order valence-electron chi connectivity index (χ2n) is 5.25. The maximum Gasteiger partial charge on any atom is 0.374 e. The Labute approximate surface area is 157 Å². The Balaban J connectivity index is 1.67. The summed E-state index contributed by atoms with van der Waals surface area (Å²) in [6, 6.07) is 12.0. The van der Waals surface area contributed by atoms with E-state index in [0.29, 0.717) is 21.1 Å². The fraction of sp³-hybridized carbons (Fsp3) is 0.0556. The Hall–Kier alpha value is -2.83. The first-order valence-electron chi connectivity index (χ1n) is 7.38. The number of benzene rings is 2. The molecule has 0 saturated carbocycles. The van der Waals surface area contributed by atoms with Crippen LogP contribution in [-0.4, -0.2) is 18.5 Å². The van der Waals surface area contributed by atoms with Gasteiger partial charge in [-0.25, -0.2) is 4.79 Å². The van der Waals surface area contributed by atoms with Gasteiger partial charge in [-0.1, -0.05) is 35.3 Å². The number of halogens is 2. The molecule has 0 atom stereocenters. The summed E-state index contributed by atoms with van der Waals surface area (Å²) in [5.74, 6) is -1.81. The minimum Gasteiger partial charge on any atom is -0.450 e. The van der Waals surface area contributed by atoms with E-state index in [1.54, 1.807) is 24.3 Å². The van der Waals surface area contributed by atoms with Gasteiger partial charge in [0.1, 0.15) is 5.58 Å². The Morgan fingerprint density at radius 3 is 2.46 bits per heavy atom. The van der Waals surface area contributed by atoms with Crippen molar-refractivity contribution in [2.45, 2.75) is 0 Å². The largest absolute Gasteiger partial charge is 0.450 e. The summed E-state index contributed by atoms with van der Waals surface area (Å²) >= 11 is 11.7. The maximum absolute atomic E-state index is 12.0. The van der Waals surface area contributed by atoms with Crippen LogP contribution in [0.4, 0.5) is 5.69 Å². The highest BCUT2D eigenvalue weighted by Gasteiger charge is 2.15. The molecule has 0 radical (unpaired) electrons. The Morgan fingerprint density at radius 1 is 1.04 bits per heavy atom. The van der Waals surface area contributed by atoms with Crippen LogP contribution < -0.4 is 10.7 Å². The van der Waals surface area contributed by atoms with Gasteiger partial charge in [0.15, 0.2) is 12.0 Å². The number of hydrogen-bond acceptors (Lipinski definition) is 5. The third-order valence-corrected chi connectivity index (χ3v) is 3.75. The van der Waals surface area contributed by atoms with Crippen molar-refractivity contribution in [1.29, 1.82) is 0 Å². The van der Waals surface area contributed by atoms with Gasteiger partial charge >= 0.3 is 5.97 Å². The molecular weight excluding hydrogens is 381 g/mol. The van der Waals surface area contributed by atoms with Crippen LogP contribution >= 0.6 is 23.2 Å². The van der Waals surface area contributed by atoms with Gasteiger partial charge < -0.3 is 14.5 Å². The summed E-state index contributed by atoms with van der Waals surface area (Å²) in [7, 11) is 0. The Kier molecular flexibility index (Phi) is 5.25. The minimum absolute atomic E-state index is 0.255. The maximum atomic E-state index is 12.0. The summed E-state index contributed by atoms with van der Waals surface area (Å²) in [6.45, 7) is -0.570. The molecule has 1 heterocycles. The average Bonchev–Trinajstić information content (AvgIpc) is 2.58. The van der Waals surface area contributed by atoms with Crippen LogP contribution in [0, 0.1) is 0 Å². The van der Waals surface area contributed by atoms with Gasteiger partial charge in [0.05, 0.1) is 5.39 Å². The lowest BCUT2D eigenvalue weighted by molar-refractivity contribution is -0.119. The van der Waals surface area contributed by atoms with E-state index in [1.807, 2.05) is 0 Å². The molecule has 0 fully saturated rings. The van der Waals surface area contributed by atoms with Crippen LogP contribution in [-0.2, 0) is 9.53 Å².